The smallest absolute Gasteiger partial charge is 0.322 e. The number of benzene rings is 4. The second-order valence-corrected chi connectivity index (χ2v) is 12.5. The fourth-order valence-electron chi connectivity index (χ4n) is 6.24. The molecule has 6 rings (SSSR count). The van der Waals surface area contributed by atoms with Crippen molar-refractivity contribution in [3.63, 3.8) is 0 Å². The molecular formula is C39H41N5O4. The Kier molecular flexibility index (Phi) is 9.87. The summed E-state index contributed by atoms with van der Waals surface area (Å²) < 4.78 is 6.08. The quantitative estimate of drug-likeness (QED) is 0.221. The second-order valence-electron chi connectivity index (χ2n) is 12.5. The van der Waals surface area contributed by atoms with Crippen LogP contribution in [-0.4, -0.2) is 84.3 Å². The zero-order chi connectivity index (χ0) is 33.6. The summed E-state index contributed by atoms with van der Waals surface area (Å²) in [5.41, 5.74) is 3.74. The van der Waals surface area contributed by atoms with Crippen molar-refractivity contribution < 1.29 is 19.1 Å². The van der Waals surface area contributed by atoms with E-state index in [1.807, 2.05) is 139 Å². The van der Waals surface area contributed by atoms with E-state index >= 15 is 0 Å². The Morgan fingerprint density at radius 1 is 0.833 bits per heavy atom. The summed E-state index contributed by atoms with van der Waals surface area (Å²) in [6.45, 7) is 1.73. The first-order chi connectivity index (χ1) is 23.3. The summed E-state index contributed by atoms with van der Waals surface area (Å²) >= 11 is 0. The van der Waals surface area contributed by atoms with Gasteiger partial charge >= 0.3 is 6.03 Å². The highest BCUT2D eigenvalue weighted by atomic mass is 16.5. The fraction of sp³-hybridized carbons (Fsp3) is 0.256. The molecule has 0 aromatic heterocycles. The fourth-order valence-corrected chi connectivity index (χ4v) is 6.24. The zero-order valence-corrected chi connectivity index (χ0v) is 27.6. The van der Waals surface area contributed by atoms with Gasteiger partial charge in [-0.05, 0) is 55.1 Å². The lowest BCUT2D eigenvalue weighted by Gasteiger charge is -2.34. The molecule has 0 bridgehead atoms. The van der Waals surface area contributed by atoms with Crippen LogP contribution in [0.5, 0.6) is 11.5 Å². The third kappa shape index (κ3) is 7.26. The maximum atomic E-state index is 14.7. The number of para-hydroxylation sites is 1. The van der Waals surface area contributed by atoms with Gasteiger partial charge in [-0.1, -0.05) is 91.0 Å². The predicted octanol–water partition coefficient (Wildman–Crippen LogP) is 5.47. The minimum absolute atomic E-state index is 0.130. The first-order valence-corrected chi connectivity index (χ1v) is 16.2. The number of ether oxygens (including phenoxy) is 1. The molecule has 2 heterocycles. The van der Waals surface area contributed by atoms with Crippen LogP contribution in [0.1, 0.15) is 22.7 Å². The summed E-state index contributed by atoms with van der Waals surface area (Å²) in [5.74, 6) is 0.875. The van der Waals surface area contributed by atoms with Gasteiger partial charge in [0, 0.05) is 33.1 Å². The van der Waals surface area contributed by atoms with Gasteiger partial charge < -0.3 is 24.8 Å². The van der Waals surface area contributed by atoms with Gasteiger partial charge in [-0.2, -0.15) is 0 Å². The van der Waals surface area contributed by atoms with Crippen LogP contribution in [0.4, 0.5) is 4.79 Å². The number of nitrogens with zero attached hydrogens (tertiary/aromatic N) is 4. The number of nitrogens with one attached hydrogen (secondary N) is 1. The molecule has 0 saturated carbocycles. The van der Waals surface area contributed by atoms with Crippen molar-refractivity contribution in [1.29, 1.82) is 0 Å². The van der Waals surface area contributed by atoms with E-state index in [0.717, 1.165) is 16.7 Å². The third-order valence-electron chi connectivity index (χ3n) is 8.84. The van der Waals surface area contributed by atoms with Crippen molar-refractivity contribution >= 4 is 17.8 Å². The van der Waals surface area contributed by atoms with Gasteiger partial charge in [-0.15, -0.1) is 0 Å². The molecule has 4 amide bonds. The molecule has 48 heavy (non-hydrogen) atoms. The van der Waals surface area contributed by atoms with Crippen molar-refractivity contribution in [2.24, 2.45) is 0 Å². The van der Waals surface area contributed by atoms with E-state index in [4.69, 9.17) is 4.74 Å². The van der Waals surface area contributed by atoms with E-state index in [2.05, 4.69) is 5.32 Å². The number of amides is 4. The standard InChI is InChI=1S/C39H41N5O4/c1-41(2)22-23-43(26-29-16-9-5-10-17-29)37(45)33(24-28-14-7-4-8-15-28)44-27-34-35(38(44)46)36(40-39(47)42(34)3)30-18-13-21-32(25-30)48-31-19-11-6-12-20-31/h4-21,25,33,36H,22-24,26-27H2,1-3H3,(H,40,47)/t33-,36-/m1/s1. The molecule has 2 aliphatic rings. The highest BCUT2D eigenvalue weighted by molar-refractivity contribution is 6.03. The van der Waals surface area contributed by atoms with Crippen LogP contribution in [0, 0.1) is 0 Å². The summed E-state index contributed by atoms with van der Waals surface area (Å²) in [6, 6.07) is 34.7. The Balaban J connectivity index is 1.34. The molecule has 9 heteroatoms. The van der Waals surface area contributed by atoms with Crippen LogP contribution in [0.15, 0.2) is 127 Å². The topological polar surface area (TPSA) is 85.4 Å². The van der Waals surface area contributed by atoms with Crippen molar-refractivity contribution in [1.82, 2.24) is 24.9 Å². The largest absolute Gasteiger partial charge is 0.457 e. The lowest BCUT2D eigenvalue weighted by atomic mass is 9.95. The molecule has 2 atom stereocenters. The Labute approximate surface area is 282 Å². The number of hydrogen-bond acceptors (Lipinski definition) is 5. The van der Waals surface area contributed by atoms with Crippen LogP contribution >= 0.6 is 0 Å². The van der Waals surface area contributed by atoms with Crippen LogP contribution in [-0.2, 0) is 22.6 Å². The maximum Gasteiger partial charge on any atom is 0.322 e. The molecule has 0 fully saturated rings. The van der Waals surface area contributed by atoms with E-state index < -0.39 is 12.1 Å². The maximum absolute atomic E-state index is 14.7. The van der Waals surface area contributed by atoms with Crippen LogP contribution < -0.4 is 10.1 Å². The van der Waals surface area contributed by atoms with Gasteiger partial charge in [-0.3, -0.25) is 14.5 Å². The van der Waals surface area contributed by atoms with Crippen molar-refractivity contribution in [2.75, 3.05) is 40.8 Å². The van der Waals surface area contributed by atoms with Gasteiger partial charge in [0.25, 0.3) is 5.91 Å². The molecule has 0 spiro atoms. The molecule has 1 N–H and O–H groups in total. The summed E-state index contributed by atoms with van der Waals surface area (Å²) in [5, 5.41) is 3.03. The number of urea groups is 1. The molecule has 0 radical (unpaired) electrons. The van der Waals surface area contributed by atoms with E-state index in [9.17, 15) is 14.4 Å². The average molecular weight is 644 g/mol. The van der Waals surface area contributed by atoms with Crippen LogP contribution in [0.2, 0.25) is 0 Å². The first-order valence-electron chi connectivity index (χ1n) is 16.2. The number of hydrogen-bond donors (Lipinski definition) is 1. The first kappa shape index (κ1) is 32.5. The van der Waals surface area contributed by atoms with Gasteiger partial charge in [0.05, 0.1) is 23.9 Å². The van der Waals surface area contributed by atoms with Crippen molar-refractivity contribution in [2.45, 2.75) is 25.0 Å². The molecule has 0 unspecified atom stereocenters. The molecule has 246 valence electrons. The molecule has 4 aromatic rings. The summed E-state index contributed by atoms with van der Waals surface area (Å²) in [7, 11) is 5.63. The van der Waals surface area contributed by atoms with Crippen molar-refractivity contribution in [3.05, 3.63) is 143 Å². The summed E-state index contributed by atoms with van der Waals surface area (Å²) in [6.07, 6.45) is 0.343. The van der Waals surface area contributed by atoms with Crippen molar-refractivity contribution in [3.8, 4) is 11.5 Å². The Hall–Kier alpha value is -5.41. The van der Waals surface area contributed by atoms with E-state index in [-0.39, 0.29) is 24.4 Å². The second kappa shape index (κ2) is 14.6. The van der Waals surface area contributed by atoms with E-state index in [1.165, 1.54) is 4.90 Å². The predicted molar refractivity (Wildman–Crippen MR) is 185 cm³/mol. The molecular weight excluding hydrogens is 602 g/mol. The Bertz CT molecular complexity index is 1780. The number of carbonyl (C=O) groups is 3. The molecule has 0 saturated heterocycles. The van der Waals surface area contributed by atoms with Crippen LogP contribution in [0.3, 0.4) is 0 Å². The Morgan fingerprint density at radius 3 is 2.12 bits per heavy atom. The number of likely N-dealkylation sites (N-methyl/N-ethyl adjacent to an activating group) is 2. The van der Waals surface area contributed by atoms with Gasteiger partial charge in [0.15, 0.2) is 0 Å². The van der Waals surface area contributed by atoms with E-state index in [0.29, 0.717) is 48.8 Å². The van der Waals surface area contributed by atoms with E-state index in [1.54, 1.807) is 11.9 Å². The highest BCUT2D eigenvalue weighted by Gasteiger charge is 2.47. The van der Waals surface area contributed by atoms with Gasteiger partial charge in [0.1, 0.15) is 17.5 Å². The number of carbonyl (C=O) groups excluding carboxylic acids is 3. The lowest BCUT2D eigenvalue weighted by Crippen LogP contribution is -2.52. The zero-order valence-electron chi connectivity index (χ0n) is 27.6. The lowest BCUT2D eigenvalue weighted by molar-refractivity contribution is -0.143. The third-order valence-corrected chi connectivity index (χ3v) is 8.84. The van der Waals surface area contributed by atoms with Crippen LogP contribution in [0.25, 0.3) is 0 Å². The molecule has 4 aromatic carbocycles. The highest BCUT2D eigenvalue weighted by Crippen LogP contribution is 2.38. The minimum Gasteiger partial charge on any atom is -0.457 e. The number of rotatable bonds is 12. The minimum atomic E-state index is -0.784. The molecule has 2 aliphatic heterocycles. The SMILES string of the molecule is CN(C)CCN(Cc1ccccc1)C(=O)[C@@H](Cc1ccccc1)N1CC2=C(C1=O)[C@@H](c1cccc(Oc3ccccc3)c1)NC(=O)N2C. The van der Waals surface area contributed by atoms with Gasteiger partial charge in [-0.25, -0.2) is 4.79 Å². The average Bonchev–Trinajstić information content (AvgIpc) is 3.45. The monoisotopic (exact) mass is 643 g/mol. The normalized spacial score (nSPS) is 16.5. The molecule has 0 aliphatic carbocycles. The summed E-state index contributed by atoms with van der Waals surface area (Å²) in [4.78, 5) is 49.7. The van der Waals surface area contributed by atoms with Gasteiger partial charge in [0.2, 0.25) is 5.91 Å². The molecule has 9 nitrogen and oxygen atoms in total. The Morgan fingerprint density at radius 2 is 1.46 bits per heavy atom.